The number of hydrogen-bond donors (Lipinski definition) is 1. The molecule has 0 aliphatic carbocycles. The van der Waals surface area contributed by atoms with E-state index in [9.17, 15) is 0 Å². The molecule has 1 rings (SSSR count). The zero-order valence-electron chi connectivity index (χ0n) is 7.45. The number of nitrogens with zero attached hydrogens (tertiary/aromatic N) is 1. The van der Waals surface area contributed by atoms with Crippen LogP contribution in [-0.2, 0) is 0 Å². The van der Waals surface area contributed by atoms with E-state index in [0.717, 1.165) is 11.5 Å². The van der Waals surface area contributed by atoms with Crippen molar-refractivity contribution < 1.29 is 58.2 Å². The maximum atomic E-state index is 3.84. The maximum absolute atomic E-state index is 3.84. The first-order chi connectivity index (χ1) is 4.29. The van der Waals surface area contributed by atoms with Crippen LogP contribution in [0.5, 0.6) is 0 Å². The van der Waals surface area contributed by atoms with Crippen LogP contribution in [0.2, 0.25) is 0 Å². The molecule has 1 N–H and O–H groups in total. The van der Waals surface area contributed by atoms with Crippen LogP contribution in [0.1, 0.15) is 25.4 Å². The van der Waals surface area contributed by atoms with Gasteiger partial charge in [-0.25, -0.2) is 0 Å². The summed E-state index contributed by atoms with van der Waals surface area (Å²) in [7, 11) is 0. The van der Waals surface area contributed by atoms with Gasteiger partial charge in [-0.1, -0.05) is 32.3 Å². The molecule has 0 bridgehead atoms. The normalized spacial score (nSPS) is 7.20. The molecule has 0 unspecified atom stereocenters. The predicted molar refractivity (Wildman–Crippen MR) is 38.2 cm³/mol. The number of H-pyrrole nitrogens is 1. The molecule has 0 saturated heterocycles. The Kier molecular flexibility index (Phi) is 11.0. The van der Waals surface area contributed by atoms with Crippen molar-refractivity contribution in [2.45, 2.75) is 27.7 Å². The molecule has 0 aliphatic heterocycles. The van der Waals surface area contributed by atoms with Crippen molar-refractivity contribution in [2.75, 3.05) is 0 Å². The first kappa shape index (κ1) is 13.6. The van der Waals surface area contributed by atoms with Crippen LogP contribution in [0.25, 0.3) is 0 Å². The van der Waals surface area contributed by atoms with Crippen LogP contribution in [0.15, 0.2) is 0 Å². The molecule has 0 aliphatic rings. The summed E-state index contributed by atoms with van der Waals surface area (Å²) in [6.45, 7) is 7.84. The number of aromatic amines is 1. The summed E-state index contributed by atoms with van der Waals surface area (Å²) in [6.07, 6.45) is 2.76. The van der Waals surface area contributed by atoms with Crippen molar-refractivity contribution in [3.05, 3.63) is 17.7 Å². The Hall–Kier alpha value is 1.02. The molecule has 52 valence electrons. The van der Waals surface area contributed by atoms with Crippen LogP contribution in [0.3, 0.4) is 0 Å². The molecule has 1 heterocycles. The molecule has 0 radical (unpaired) electrons. The monoisotopic (exact) mass is 210 g/mol. The SMILES string of the molecule is CC.Cc1[c-]nc(C)[nH]1.[Rb+]. The fourth-order valence-electron chi connectivity index (χ4n) is 0.495. The first-order valence-corrected chi connectivity index (χ1v) is 3.20. The molecule has 3 heteroatoms. The van der Waals surface area contributed by atoms with Gasteiger partial charge in [0, 0.05) is 0 Å². The van der Waals surface area contributed by atoms with E-state index in [0.29, 0.717) is 0 Å². The number of aromatic nitrogens is 2. The second-order valence-corrected chi connectivity index (χ2v) is 1.56. The Labute approximate surface area is 112 Å². The fourth-order valence-corrected chi connectivity index (χ4v) is 0.495. The minimum atomic E-state index is 0. The molecule has 0 saturated carbocycles. The third-order valence-electron chi connectivity index (χ3n) is 0.760. The van der Waals surface area contributed by atoms with Crippen molar-refractivity contribution in [1.82, 2.24) is 9.97 Å². The molecule has 2 nitrogen and oxygen atoms in total. The quantitative estimate of drug-likeness (QED) is 0.539. The van der Waals surface area contributed by atoms with E-state index < -0.39 is 0 Å². The Morgan fingerprint density at radius 2 is 1.80 bits per heavy atom. The summed E-state index contributed by atoms with van der Waals surface area (Å²) in [4.78, 5) is 6.81. The Balaban J connectivity index is 0. The van der Waals surface area contributed by atoms with Crippen LogP contribution in [0.4, 0.5) is 0 Å². The average molecular weight is 211 g/mol. The van der Waals surface area contributed by atoms with Gasteiger partial charge in [0.05, 0.1) is 0 Å². The van der Waals surface area contributed by atoms with E-state index in [-0.39, 0.29) is 58.2 Å². The molecular weight excluding hydrogens is 198 g/mol. The average Bonchev–Trinajstić information content (AvgIpc) is 2.20. The van der Waals surface area contributed by atoms with Crippen LogP contribution < -0.4 is 58.2 Å². The van der Waals surface area contributed by atoms with Crippen molar-refractivity contribution >= 4 is 0 Å². The van der Waals surface area contributed by atoms with Crippen LogP contribution in [-0.4, -0.2) is 9.97 Å². The topological polar surface area (TPSA) is 28.7 Å². The molecule has 0 aromatic carbocycles. The van der Waals surface area contributed by atoms with E-state index in [1.807, 2.05) is 27.7 Å². The summed E-state index contributed by atoms with van der Waals surface area (Å²) in [5, 5.41) is 0. The minimum absolute atomic E-state index is 0. The largest absolute Gasteiger partial charge is 1.00 e. The predicted octanol–water partition coefficient (Wildman–Crippen LogP) is -1.14. The first-order valence-electron chi connectivity index (χ1n) is 3.20. The molecular formula is C7H13N2Rb. The summed E-state index contributed by atoms with van der Waals surface area (Å²) < 4.78 is 0. The van der Waals surface area contributed by atoms with Crippen molar-refractivity contribution in [1.29, 1.82) is 0 Å². The Morgan fingerprint density at radius 3 is 1.90 bits per heavy atom. The summed E-state index contributed by atoms with van der Waals surface area (Å²) in [5.74, 6) is 0.928. The van der Waals surface area contributed by atoms with E-state index in [4.69, 9.17) is 0 Å². The fraction of sp³-hybridized carbons (Fsp3) is 0.571. The van der Waals surface area contributed by atoms with Gasteiger partial charge in [-0.3, -0.25) is 0 Å². The maximum Gasteiger partial charge on any atom is 1.00 e. The Bertz CT molecular complexity index is 144. The van der Waals surface area contributed by atoms with E-state index in [1.165, 1.54) is 0 Å². The van der Waals surface area contributed by atoms with Gasteiger partial charge in [0.25, 0.3) is 0 Å². The molecule has 0 atom stereocenters. The second kappa shape index (κ2) is 8.12. The summed E-state index contributed by atoms with van der Waals surface area (Å²) >= 11 is 0. The summed E-state index contributed by atoms with van der Waals surface area (Å²) in [6, 6.07) is 0. The number of hydrogen-bond acceptors (Lipinski definition) is 1. The van der Waals surface area contributed by atoms with Gasteiger partial charge in [0.1, 0.15) is 0 Å². The number of nitrogens with one attached hydrogen (secondary N) is 1. The number of imidazole rings is 1. The minimum Gasteiger partial charge on any atom is -0.439 e. The molecule has 10 heavy (non-hydrogen) atoms. The van der Waals surface area contributed by atoms with Gasteiger partial charge < -0.3 is 9.97 Å². The molecule has 0 spiro atoms. The van der Waals surface area contributed by atoms with Crippen molar-refractivity contribution in [3.8, 4) is 0 Å². The second-order valence-electron chi connectivity index (χ2n) is 1.56. The van der Waals surface area contributed by atoms with Gasteiger partial charge in [0.15, 0.2) is 0 Å². The van der Waals surface area contributed by atoms with Crippen LogP contribution in [0, 0.1) is 20.0 Å². The molecule has 0 fully saturated rings. The molecule has 1 aromatic rings. The Morgan fingerprint density at radius 1 is 1.30 bits per heavy atom. The van der Waals surface area contributed by atoms with Crippen molar-refractivity contribution in [2.24, 2.45) is 0 Å². The molecule has 1 aromatic heterocycles. The van der Waals surface area contributed by atoms with Crippen molar-refractivity contribution in [3.63, 3.8) is 0 Å². The van der Waals surface area contributed by atoms with Gasteiger partial charge >= 0.3 is 58.2 Å². The number of aryl methyl sites for hydroxylation is 2. The third kappa shape index (κ3) is 5.77. The summed E-state index contributed by atoms with van der Waals surface area (Å²) in [5.41, 5.74) is 0.998. The van der Waals surface area contributed by atoms with Gasteiger partial charge in [0.2, 0.25) is 0 Å². The zero-order valence-corrected chi connectivity index (χ0v) is 12.4. The van der Waals surface area contributed by atoms with Gasteiger partial charge in [-0.05, 0) is 6.92 Å². The van der Waals surface area contributed by atoms with Crippen LogP contribution >= 0.6 is 0 Å². The van der Waals surface area contributed by atoms with Gasteiger partial charge in [-0.15, -0.1) is 6.20 Å². The van der Waals surface area contributed by atoms with E-state index in [2.05, 4.69) is 16.2 Å². The third-order valence-corrected chi connectivity index (χ3v) is 0.760. The molecule has 0 amide bonds. The number of rotatable bonds is 0. The standard InChI is InChI=1S/C5H7N2.C2H6.Rb/c1-4-3-6-5(2)7-4;1-2;/h1-2H3,(H,6,7);1-2H3;/q-1;;+1. The van der Waals surface area contributed by atoms with Gasteiger partial charge in [-0.2, -0.15) is 0 Å². The van der Waals surface area contributed by atoms with E-state index in [1.54, 1.807) is 0 Å². The smallest absolute Gasteiger partial charge is 0.439 e. The zero-order chi connectivity index (χ0) is 7.28. The van der Waals surface area contributed by atoms with E-state index >= 15 is 0 Å².